The van der Waals surface area contributed by atoms with Crippen molar-refractivity contribution in [3.8, 4) is 11.9 Å². The lowest BCUT2D eigenvalue weighted by atomic mass is 9.77. The molecule has 2 saturated heterocycles. The minimum atomic E-state index is -0.649. The molecule has 3 fully saturated rings. The van der Waals surface area contributed by atoms with Gasteiger partial charge in [-0.15, -0.1) is 10.2 Å². The summed E-state index contributed by atoms with van der Waals surface area (Å²) in [6.07, 6.45) is 6.61. The molecular weight excluding hydrogens is 410 g/mol. The number of hydrogen-bond donors (Lipinski definition) is 0. The van der Waals surface area contributed by atoms with Crippen LogP contribution < -0.4 is 4.74 Å². The zero-order valence-corrected chi connectivity index (χ0v) is 18.8. The lowest BCUT2D eigenvalue weighted by molar-refractivity contribution is -0.121. The Labute approximate surface area is 187 Å². The Balaban J connectivity index is 1.78. The quantitative estimate of drug-likeness (QED) is 0.710. The molecule has 0 N–H and O–H groups in total. The van der Waals surface area contributed by atoms with Gasteiger partial charge in [0.05, 0.1) is 25.4 Å². The van der Waals surface area contributed by atoms with Gasteiger partial charge in [-0.2, -0.15) is 5.26 Å². The molecule has 2 bridgehead atoms. The second-order valence-corrected chi connectivity index (χ2v) is 9.20. The highest BCUT2D eigenvalue weighted by molar-refractivity contribution is 5.86. The average Bonchev–Trinajstić information content (AvgIpc) is 2.78. The van der Waals surface area contributed by atoms with E-state index in [-0.39, 0.29) is 11.8 Å². The van der Waals surface area contributed by atoms with Crippen LogP contribution in [-0.4, -0.2) is 57.1 Å². The van der Waals surface area contributed by atoms with E-state index in [0.717, 1.165) is 25.7 Å². The number of nitriles is 1. The van der Waals surface area contributed by atoms with Crippen molar-refractivity contribution in [2.75, 3.05) is 13.7 Å². The van der Waals surface area contributed by atoms with Crippen LogP contribution in [0.25, 0.3) is 17.1 Å². The number of carbonyl (C=O) groups excluding carboxylic acids is 1. The van der Waals surface area contributed by atoms with Gasteiger partial charge in [0.15, 0.2) is 5.69 Å². The van der Waals surface area contributed by atoms with Crippen molar-refractivity contribution in [3.63, 3.8) is 0 Å². The van der Waals surface area contributed by atoms with Crippen molar-refractivity contribution in [1.29, 1.82) is 5.26 Å². The fourth-order valence-electron chi connectivity index (χ4n) is 4.23. The number of fused-ring (bicyclic) bond motifs is 4. The molecule has 0 aromatic carbocycles. The summed E-state index contributed by atoms with van der Waals surface area (Å²) in [4.78, 5) is 19.3. The van der Waals surface area contributed by atoms with Crippen LogP contribution in [0.15, 0.2) is 18.3 Å². The van der Waals surface area contributed by atoms with Gasteiger partial charge in [-0.05, 0) is 58.6 Å². The van der Waals surface area contributed by atoms with Gasteiger partial charge in [0.25, 0.3) is 0 Å². The van der Waals surface area contributed by atoms with Gasteiger partial charge >= 0.3 is 6.09 Å². The summed E-state index contributed by atoms with van der Waals surface area (Å²) in [6, 6.07) is 5.47. The van der Waals surface area contributed by atoms with Crippen molar-refractivity contribution in [2.45, 2.75) is 63.7 Å². The van der Waals surface area contributed by atoms with Gasteiger partial charge < -0.3 is 14.2 Å². The van der Waals surface area contributed by atoms with E-state index in [4.69, 9.17) is 14.2 Å². The number of carbonyl (C=O) groups is 1. The van der Waals surface area contributed by atoms with Crippen LogP contribution in [0.1, 0.15) is 57.7 Å². The van der Waals surface area contributed by atoms with Crippen LogP contribution in [0.2, 0.25) is 0 Å². The lowest BCUT2D eigenvalue weighted by Crippen LogP contribution is -2.59. The smallest absolute Gasteiger partial charge is 0.414 e. The maximum Gasteiger partial charge on any atom is 0.414 e. The molecule has 2 aliphatic heterocycles. The van der Waals surface area contributed by atoms with Gasteiger partial charge in [-0.3, -0.25) is 4.90 Å². The number of rotatable bonds is 4. The summed E-state index contributed by atoms with van der Waals surface area (Å²) < 4.78 is 16.9. The Hall–Kier alpha value is -3.25. The first-order valence-electron chi connectivity index (χ1n) is 10.7. The monoisotopic (exact) mass is 437 g/mol. The Bertz CT molecular complexity index is 1080. The van der Waals surface area contributed by atoms with Crippen LogP contribution in [0, 0.1) is 11.3 Å². The Morgan fingerprint density at radius 2 is 2.06 bits per heavy atom. The zero-order chi connectivity index (χ0) is 22.9. The standard InChI is InChI=1S/C23H27N5O4/c1-22(2,3)32-21(29)28(23-10-7-15(8-11-23)31-14-23)12-9-16-18(13-24)27-26-17-5-6-19(30-4)25-20(16)17/h5-6,9,12,15H,7-8,10-11,14H2,1-4H3. The first kappa shape index (κ1) is 22.0. The minimum absolute atomic E-state index is 0.111. The van der Waals surface area contributed by atoms with Gasteiger partial charge in [0.1, 0.15) is 22.7 Å². The molecule has 0 unspecified atom stereocenters. The minimum Gasteiger partial charge on any atom is -0.481 e. The normalized spacial score (nSPS) is 22.7. The third-order valence-corrected chi connectivity index (χ3v) is 5.87. The molecule has 0 atom stereocenters. The number of ether oxygens (including phenoxy) is 3. The third kappa shape index (κ3) is 4.23. The van der Waals surface area contributed by atoms with Crippen LogP contribution >= 0.6 is 0 Å². The maximum absolute atomic E-state index is 13.2. The van der Waals surface area contributed by atoms with Crippen LogP contribution in [0.3, 0.4) is 0 Å². The Kier molecular flexibility index (Phi) is 5.73. The molecule has 1 aliphatic carbocycles. The van der Waals surface area contributed by atoms with Gasteiger partial charge in [0.2, 0.25) is 5.88 Å². The lowest BCUT2D eigenvalue weighted by Gasteiger charge is -2.51. The number of pyridine rings is 1. The van der Waals surface area contributed by atoms with E-state index in [0.29, 0.717) is 29.1 Å². The number of methoxy groups -OCH3 is 1. The second kappa shape index (κ2) is 8.36. The van der Waals surface area contributed by atoms with Crippen LogP contribution in [0.4, 0.5) is 4.79 Å². The van der Waals surface area contributed by atoms with Crippen molar-refractivity contribution in [3.05, 3.63) is 29.6 Å². The summed E-state index contributed by atoms with van der Waals surface area (Å²) in [5.74, 6) is 0.394. The molecule has 1 saturated carbocycles. The van der Waals surface area contributed by atoms with Gasteiger partial charge in [0, 0.05) is 17.8 Å². The van der Waals surface area contributed by atoms with Crippen LogP contribution in [-0.2, 0) is 9.47 Å². The largest absolute Gasteiger partial charge is 0.481 e. The second-order valence-electron chi connectivity index (χ2n) is 9.20. The molecule has 0 spiro atoms. The van der Waals surface area contributed by atoms with E-state index in [1.54, 1.807) is 29.3 Å². The number of nitrogens with zero attached hydrogens (tertiary/aromatic N) is 5. The number of hydrogen-bond acceptors (Lipinski definition) is 8. The maximum atomic E-state index is 13.2. The van der Waals surface area contributed by atoms with Gasteiger partial charge in [-0.1, -0.05) is 0 Å². The van der Waals surface area contributed by atoms with E-state index in [9.17, 15) is 10.1 Å². The zero-order valence-electron chi connectivity index (χ0n) is 18.8. The van der Waals surface area contributed by atoms with Crippen molar-refractivity contribution >= 4 is 23.2 Å². The fourth-order valence-corrected chi connectivity index (χ4v) is 4.23. The average molecular weight is 438 g/mol. The molecular formula is C23H27N5O4. The predicted molar refractivity (Wildman–Crippen MR) is 117 cm³/mol. The van der Waals surface area contributed by atoms with Gasteiger partial charge in [-0.25, -0.2) is 9.78 Å². The molecule has 32 heavy (non-hydrogen) atoms. The van der Waals surface area contributed by atoms with Crippen molar-refractivity contribution < 1.29 is 19.0 Å². The Morgan fingerprint density at radius 3 is 2.66 bits per heavy atom. The predicted octanol–water partition coefficient (Wildman–Crippen LogP) is 3.82. The molecule has 1 amide bonds. The summed E-state index contributed by atoms with van der Waals surface area (Å²) >= 11 is 0. The molecule has 168 valence electrons. The topological polar surface area (TPSA) is 110 Å². The van der Waals surface area contributed by atoms with E-state index >= 15 is 0 Å². The number of aromatic nitrogens is 3. The summed E-state index contributed by atoms with van der Waals surface area (Å²) in [5, 5.41) is 17.7. The molecule has 2 aromatic rings. The molecule has 2 aromatic heterocycles. The van der Waals surface area contributed by atoms with E-state index < -0.39 is 17.2 Å². The molecule has 3 aliphatic rings. The van der Waals surface area contributed by atoms with Crippen LogP contribution in [0.5, 0.6) is 5.88 Å². The summed E-state index contributed by atoms with van der Waals surface area (Å²) in [5.41, 5.74) is 0.434. The van der Waals surface area contributed by atoms with E-state index in [1.807, 2.05) is 20.8 Å². The highest BCUT2D eigenvalue weighted by atomic mass is 16.6. The van der Waals surface area contributed by atoms with Crippen molar-refractivity contribution in [2.24, 2.45) is 0 Å². The number of amides is 1. The molecule has 4 heterocycles. The highest BCUT2D eigenvalue weighted by Gasteiger charge is 2.48. The SMILES string of the molecule is COc1ccc2nnc(C#N)c(C=CN(C(=O)OC(C)(C)C)C34CCC(CC3)OC4)c2n1. The van der Waals surface area contributed by atoms with E-state index in [1.165, 1.54) is 7.11 Å². The summed E-state index contributed by atoms with van der Waals surface area (Å²) in [6.45, 7) is 5.96. The first-order chi connectivity index (χ1) is 15.2. The highest BCUT2D eigenvalue weighted by Crippen LogP contribution is 2.41. The summed E-state index contributed by atoms with van der Waals surface area (Å²) in [7, 11) is 1.52. The van der Waals surface area contributed by atoms with E-state index in [2.05, 4.69) is 21.3 Å². The first-order valence-corrected chi connectivity index (χ1v) is 10.7. The molecule has 0 radical (unpaired) electrons. The fraction of sp³-hybridized carbons (Fsp3) is 0.522. The third-order valence-electron chi connectivity index (χ3n) is 5.87. The molecule has 5 rings (SSSR count). The van der Waals surface area contributed by atoms with Crippen molar-refractivity contribution in [1.82, 2.24) is 20.1 Å². The Morgan fingerprint density at radius 1 is 1.31 bits per heavy atom. The molecule has 9 heteroatoms. The molecule has 9 nitrogen and oxygen atoms in total.